The van der Waals surface area contributed by atoms with Crippen LogP contribution in [0.4, 0.5) is 11.4 Å². The second-order valence-corrected chi connectivity index (χ2v) is 5.09. The van der Waals surface area contributed by atoms with Crippen LogP contribution < -0.4 is 16.0 Å². The lowest BCUT2D eigenvalue weighted by Crippen LogP contribution is -2.47. The molecule has 3 N–H and O–H groups in total. The van der Waals surface area contributed by atoms with Crippen molar-refractivity contribution in [2.45, 2.75) is 32.2 Å². The predicted molar refractivity (Wildman–Crippen MR) is 75.0 cm³/mol. The van der Waals surface area contributed by atoms with Gasteiger partial charge in [0.15, 0.2) is 0 Å². The summed E-state index contributed by atoms with van der Waals surface area (Å²) < 4.78 is 0. The zero-order chi connectivity index (χ0) is 13.3. The molecule has 0 spiro atoms. The van der Waals surface area contributed by atoms with Gasteiger partial charge in [0.05, 0.1) is 11.4 Å². The molecule has 1 aliphatic heterocycles. The van der Waals surface area contributed by atoms with Crippen LogP contribution in [0.2, 0.25) is 0 Å². The molecular weight excluding hydrogens is 226 g/mol. The van der Waals surface area contributed by atoms with E-state index in [0.29, 0.717) is 18.9 Å². The Bertz CT molecular complexity index is 456. The van der Waals surface area contributed by atoms with Crippen LogP contribution in [0.5, 0.6) is 0 Å². The van der Waals surface area contributed by atoms with Crippen molar-refractivity contribution in [3.05, 3.63) is 23.8 Å². The number of anilines is 2. The van der Waals surface area contributed by atoms with Crippen LogP contribution in [0.1, 0.15) is 31.7 Å². The van der Waals surface area contributed by atoms with Gasteiger partial charge in [-0.2, -0.15) is 0 Å². The minimum Gasteiger partial charge on any atom is -0.361 e. The number of carbonyl (C=O) groups excluding carboxylic acids is 1. The van der Waals surface area contributed by atoms with Crippen LogP contribution in [-0.4, -0.2) is 25.5 Å². The fourth-order valence-corrected chi connectivity index (χ4v) is 2.55. The molecule has 0 aromatic heterocycles. The summed E-state index contributed by atoms with van der Waals surface area (Å²) in [5.74, 6) is 0.465. The van der Waals surface area contributed by atoms with Crippen molar-refractivity contribution < 1.29 is 4.79 Å². The number of hydrogen-bond acceptors (Lipinski definition) is 3. The van der Waals surface area contributed by atoms with Crippen LogP contribution in [-0.2, 0) is 4.79 Å². The molecule has 0 fully saturated rings. The van der Waals surface area contributed by atoms with E-state index in [-0.39, 0.29) is 11.9 Å². The highest BCUT2D eigenvalue weighted by molar-refractivity contribution is 6.04. The average molecular weight is 247 g/mol. The Labute approximate surface area is 108 Å². The van der Waals surface area contributed by atoms with Crippen molar-refractivity contribution in [3.8, 4) is 0 Å². The standard InChI is InChI=1S/C14H21N3O/c1-9(2)10-5-4-6-11-13(10)17(3)12(7-8-15)14(18)16-11/h4-6,9,12H,7-8,15H2,1-3H3,(H,16,18). The molecule has 18 heavy (non-hydrogen) atoms. The number of nitrogens with two attached hydrogens (primary N) is 1. The van der Waals surface area contributed by atoms with Crippen molar-refractivity contribution in [1.29, 1.82) is 0 Å². The second-order valence-electron chi connectivity index (χ2n) is 5.09. The third kappa shape index (κ3) is 2.08. The molecule has 1 heterocycles. The van der Waals surface area contributed by atoms with E-state index in [9.17, 15) is 4.79 Å². The van der Waals surface area contributed by atoms with Gasteiger partial charge in [0.2, 0.25) is 5.91 Å². The van der Waals surface area contributed by atoms with Crippen molar-refractivity contribution in [2.75, 3.05) is 23.8 Å². The molecular formula is C14H21N3O. The van der Waals surface area contributed by atoms with Crippen LogP contribution in [0.25, 0.3) is 0 Å². The second kappa shape index (κ2) is 4.98. The average Bonchev–Trinajstić information content (AvgIpc) is 2.33. The number of hydrogen-bond donors (Lipinski definition) is 2. The Morgan fingerprint density at radius 2 is 2.17 bits per heavy atom. The van der Waals surface area contributed by atoms with E-state index < -0.39 is 0 Å². The first-order chi connectivity index (χ1) is 8.56. The molecule has 98 valence electrons. The van der Waals surface area contributed by atoms with E-state index in [1.165, 1.54) is 5.56 Å². The van der Waals surface area contributed by atoms with Crippen molar-refractivity contribution in [1.82, 2.24) is 0 Å². The number of fused-ring (bicyclic) bond motifs is 1. The Kier molecular flexibility index (Phi) is 3.57. The minimum absolute atomic E-state index is 0.0383. The van der Waals surface area contributed by atoms with Crippen LogP contribution in [0, 0.1) is 0 Å². The largest absolute Gasteiger partial charge is 0.361 e. The molecule has 0 saturated carbocycles. The molecule has 2 rings (SSSR count). The molecule has 0 radical (unpaired) electrons. The predicted octanol–water partition coefficient (Wildman–Crippen LogP) is 1.92. The number of amides is 1. The van der Waals surface area contributed by atoms with Gasteiger partial charge in [0.25, 0.3) is 0 Å². The summed E-state index contributed by atoms with van der Waals surface area (Å²) in [6.45, 7) is 4.84. The fourth-order valence-electron chi connectivity index (χ4n) is 2.55. The SMILES string of the molecule is CC(C)c1cccc2c1N(C)C(CCN)C(=O)N2. The first kappa shape index (κ1) is 12.9. The monoisotopic (exact) mass is 247 g/mol. The van der Waals surface area contributed by atoms with Gasteiger partial charge in [-0.3, -0.25) is 4.79 Å². The van der Waals surface area contributed by atoms with E-state index in [1.807, 2.05) is 19.2 Å². The van der Waals surface area contributed by atoms with Gasteiger partial charge in [-0.15, -0.1) is 0 Å². The van der Waals surface area contributed by atoms with E-state index in [2.05, 4.69) is 30.1 Å². The van der Waals surface area contributed by atoms with E-state index in [4.69, 9.17) is 5.73 Å². The number of nitrogens with zero attached hydrogens (tertiary/aromatic N) is 1. The molecule has 1 atom stereocenters. The highest BCUT2D eigenvalue weighted by Gasteiger charge is 2.31. The maximum atomic E-state index is 12.0. The van der Waals surface area contributed by atoms with Crippen molar-refractivity contribution >= 4 is 17.3 Å². The van der Waals surface area contributed by atoms with E-state index in [1.54, 1.807) is 0 Å². The molecule has 1 aromatic carbocycles. The number of para-hydroxylation sites is 1. The minimum atomic E-state index is -0.164. The fraction of sp³-hybridized carbons (Fsp3) is 0.500. The van der Waals surface area contributed by atoms with E-state index in [0.717, 1.165) is 11.4 Å². The number of carbonyl (C=O) groups is 1. The highest BCUT2D eigenvalue weighted by atomic mass is 16.2. The normalized spacial score (nSPS) is 18.8. The van der Waals surface area contributed by atoms with Crippen LogP contribution in [0.15, 0.2) is 18.2 Å². The topological polar surface area (TPSA) is 58.4 Å². The molecule has 0 saturated heterocycles. The Morgan fingerprint density at radius 1 is 1.44 bits per heavy atom. The summed E-state index contributed by atoms with van der Waals surface area (Å²) >= 11 is 0. The Hall–Kier alpha value is -1.55. The first-order valence-electron chi connectivity index (χ1n) is 6.43. The molecule has 0 aliphatic carbocycles. The van der Waals surface area contributed by atoms with Crippen molar-refractivity contribution in [2.24, 2.45) is 5.73 Å². The lowest BCUT2D eigenvalue weighted by Gasteiger charge is -2.37. The Morgan fingerprint density at radius 3 is 2.78 bits per heavy atom. The quantitative estimate of drug-likeness (QED) is 0.858. The molecule has 1 amide bonds. The number of likely N-dealkylation sites (N-methyl/N-ethyl adjacent to an activating group) is 1. The maximum Gasteiger partial charge on any atom is 0.247 e. The lowest BCUT2D eigenvalue weighted by atomic mass is 9.96. The van der Waals surface area contributed by atoms with Gasteiger partial charge < -0.3 is 16.0 Å². The summed E-state index contributed by atoms with van der Waals surface area (Å²) in [6, 6.07) is 5.90. The summed E-state index contributed by atoms with van der Waals surface area (Å²) in [5, 5.41) is 2.98. The third-order valence-electron chi connectivity index (χ3n) is 3.51. The summed E-state index contributed by atoms with van der Waals surface area (Å²) in [4.78, 5) is 14.1. The lowest BCUT2D eigenvalue weighted by molar-refractivity contribution is -0.117. The molecule has 1 aromatic rings. The molecule has 1 aliphatic rings. The number of benzene rings is 1. The van der Waals surface area contributed by atoms with Crippen LogP contribution in [0.3, 0.4) is 0 Å². The van der Waals surface area contributed by atoms with Crippen molar-refractivity contribution in [3.63, 3.8) is 0 Å². The highest BCUT2D eigenvalue weighted by Crippen LogP contribution is 2.38. The van der Waals surface area contributed by atoms with Gasteiger partial charge in [-0.05, 0) is 30.5 Å². The number of nitrogens with one attached hydrogen (secondary N) is 1. The van der Waals surface area contributed by atoms with E-state index >= 15 is 0 Å². The Balaban J connectivity index is 2.47. The summed E-state index contributed by atoms with van der Waals surface area (Å²) in [7, 11) is 1.98. The molecule has 0 bridgehead atoms. The number of rotatable bonds is 3. The smallest absolute Gasteiger partial charge is 0.247 e. The summed E-state index contributed by atoms with van der Waals surface area (Å²) in [6.07, 6.45) is 0.675. The van der Waals surface area contributed by atoms with Gasteiger partial charge in [0.1, 0.15) is 6.04 Å². The zero-order valence-corrected chi connectivity index (χ0v) is 11.2. The summed E-state index contributed by atoms with van der Waals surface area (Å²) in [5.41, 5.74) is 8.89. The van der Waals surface area contributed by atoms with Gasteiger partial charge in [-0.25, -0.2) is 0 Å². The molecule has 4 heteroatoms. The molecule has 4 nitrogen and oxygen atoms in total. The first-order valence-corrected chi connectivity index (χ1v) is 6.43. The zero-order valence-electron chi connectivity index (χ0n) is 11.2. The van der Waals surface area contributed by atoms with Crippen LogP contribution >= 0.6 is 0 Å². The van der Waals surface area contributed by atoms with Gasteiger partial charge >= 0.3 is 0 Å². The van der Waals surface area contributed by atoms with Gasteiger partial charge in [-0.1, -0.05) is 26.0 Å². The molecule has 1 unspecified atom stereocenters. The maximum absolute atomic E-state index is 12.0. The van der Waals surface area contributed by atoms with Gasteiger partial charge in [0, 0.05) is 7.05 Å². The third-order valence-corrected chi connectivity index (χ3v) is 3.51.